The lowest BCUT2D eigenvalue weighted by atomic mass is 9.77. The lowest BCUT2D eigenvalue weighted by Crippen LogP contribution is -2.41. The summed E-state index contributed by atoms with van der Waals surface area (Å²) in [4.78, 5) is 25.9. The van der Waals surface area contributed by atoms with Crippen molar-refractivity contribution in [2.75, 3.05) is 19.8 Å². The van der Waals surface area contributed by atoms with Crippen LogP contribution >= 0.6 is 0 Å². The molecule has 1 atom stereocenters. The van der Waals surface area contributed by atoms with E-state index >= 15 is 0 Å². The number of ether oxygens (including phenoxy) is 2. The molecule has 0 fully saturated rings. The molecule has 0 radical (unpaired) electrons. The molecule has 0 amide bonds. The second kappa shape index (κ2) is 12.9. The Hall–Kier alpha value is -3.00. The van der Waals surface area contributed by atoms with Crippen molar-refractivity contribution in [2.24, 2.45) is 5.41 Å². The normalized spacial score (nSPS) is 17.2. The first-order chi connectivity index (χ1) is 19.5. The molecular weight excluding hydrogens is 530 g/mol. The number of carbonyl (C=O) groups excluding carboxylic acids is 2. The van der Waals surface area contributed by atoms with Gasteiger partial charge in [-0.25, -0.2) is 0 Å². The number of fused-ring (bicyclic) bond motifs is 3. The predicted octanol–water partition coefficient (Wildman–Crippen LogP) is 7.81. The Morgan fingerprint density at radius 3 is 2.37 bits per heavy atom. The van der Waals surface area contributed by atoms with Gasteiger partial charge in [-0.15, -0.1) is 0 Å². The number of benzene rings is 2. The van der Waals surface area contributed by atoms with Gasteiger partial charge in [0.25, 0.3) is 0 Å². The minimum absolute atomic E-state index is 0.0700. The Bertz CT molecular complexity index is 1390. The lowest BCUT2D eigenvalue weighted by Gasteiger charge is -2.37. The van der Waals surface area contributed by atoms with Crippen LogP contribution in [0.2, 0.25) is 18.1 Å². The monoisotopic (exact) mass is 575 g/mol. The molecule has 1 aliphatic rings. The van der Waals surface area contributed by atoms with Crippen LogP contribution in [-0.2, 0) is 31.7 Å². The summed E-state index contributed by atoms with van der Waals surface area (Å²) in [5.74, 6) is -0.232. The summed E-state index contributed by atoms with van der Waals surface area (Å²) in [6.07, 6.45) is 6.79. The molecule has 6 nitrogen and oxygen atoms in total. The molecule has 2 aromatic carbocycles. The number of carbonyl (C=O) groups is 2. The highest BCUT2D eigenvalue weighted by molar-refractivity contribution is 6.74. The number of allylic oxidation sites excluding steroid dienone is 1. The largest absolute Gasteiger partial charge is 0.466 e. The van der Waals surface area contributed by atoms with Gasteiger partial charge in [0.15, 0.2) is 8.32 Å². The zero-order chi connectivity index (χ0) is 29.7. The summed E-state index contributed by atoms with van der Waals surface area (Å²) < 4.78 is 19.7. The molecule has 0 N–H and O–H groups in total. The number of para-hydroxylation sites is 1. The van der Waals surface area contributed by atoms with Gasteiger partial charge in [0.2, 0.25) is 5.91 Å². The van der Waals surface area contributed by atoms with Crippen molar-refractivity contribution in [3.05, 3.63) is 77.5 Å². The first kappa shape index (κ1) is 30.9. The zero-order valence-electron chi connectivity index (χ0n) is 25.5. The maximum atomic E-state index is 14.5. The fourth-order valence-electron chi connectivity index (χ4n) is 5.27. The molecule has 0 saturated heterocycles. The van der Waals surface area contributed by atoms with Gasteiger partial charge in [0.05, 0.1) is 29.8 Å². The van der Waals surface area contributed by atoms with Gasteiger partial charge in [-0.05, 0) is 60.7 Å². The second-order valence-corrected chi connectivity index (χ2v) is 17.4. The van der Waals surface area contributed by atoms with Crippen LogP contribution in [0, 0.1) is 5.41 Å². The van der Waals surface area contributed by atoms with Crippen LogP contribution in [0.1, 0.15) is 68.6 Å². The molecule has 0 bridgehead atoms. The van der Waals surface area contributed by atoms with E-state index < -0.39 is 13.7 Å². The van der Waals surface area contributed by atoms with E-state index in [4.69, 9.17) is 13.9 Å². The van der Waals surface area contributed by atoms with Crippen molar-refractivity contribution in [1.82, 2.24) is 4.57 Å². The predicted molar refractivity (Wildman–Crippen MR) is 167 cm³/mol. The molecule has 4 rings (SSSR count). The fraction of sp³-hybridized carbons (Fsp3) is 0.471. The summed E-state index contributed by atoms with van der Waals surface area (Å²) >= 11 is 0. The fourth-order valence-corrected chi connectivity index (χ4v) is 6.36. The standard InChI is InChI=1S/C34H45NO5Si/c1-26(36)39-23-18-29-28-15-10-11-16-30(28)35-31(29)17-20-34(32(35)37,19-12-22-40-41(5,6)33(2,3)4)21-24-38-25-27-13-8-7-9-14-27/h7-11,13-17,20H,12,18-19,21-25H2,1-6H3/t34-/m1/s1. The van der Waals surface area contributed by atoms with E-state index in [2.05, 4.69) is 58.2 Å². The Labute approximate surface area is 245 Å². The molecule has 1 aliphatic heterocycles. The lowest BCUT2D eigenvalue weighted by molar-refractivity contribution is -0.140. The van der Waals surface area contributed by atoms with E-state index in [1.165, 1.54) is 6.92 Å². The molecule has 0 saturated carbocycles. The van der Waals surface area contributed by atoms with Gasteiger partial charge in [-0.1, -0.05) is 75.4 Å². The van der Waals surface area contributed by atoms with Crippen LogP contribution in [0.4, 0.5) is 0 Å². The minimum Gasteiger partial charge on any atom is -0.466 e. The Kier molecular flexibility index (Phi) is 9.72. The minimum atomic E-state index is -1.88. The van der Waals surface area contributed by atoms with Crippen LogP contribution in [-0.4, -0.2) is 44.6 Å². The molecule has 41 heavy (non-hydrogen) atoms. The van der Waals surface area contributed by atoms with Crippen LogP contribution in [0.15, 0.2) is 60.7 Å². The summed E-state index contributed by atoms with van der Waals surface area (Å²) in [5, 5.41) is 1.16. The summed E-state index contributed by atoms with van der Waals surface area (Å²) in [6, 6.07) is 18.1. The van der Waals surface area contributed by atoms with Crippen molar-refractivity contribution < 1.29 is 23.5 Å². The summed E-state index contributed by atoms with van der Waals surface area (Å²) in [6.45, 7) is 14.6. The molecule has 220 valence electrons. The molecule has 0 aliphatic carbocycles. The SMILES string of the molecule is CC(=O)OCCc1c2n(c3ccccc13)C(=O)[C@@](CCCO[Si](C)(C)C(C)(C)C)(CCOCc1ccccc1)C=C2. The van der Waals surface area contributed by atoms with E-state index in [9.17, 15) is 9.59 Å². The maximum Gasteiger partial charge on any atom is 0.302 e. The summed E-state index contributed by atoms with van der Waals surface area (Å²) in [5.41, 5.74) is 3.21. The molecule has 3 aromatic rings. The molecule has 0 unspecified atom stereocenters. The number of nitrogens with zero attached hydrogens (tertiary/aromatic N) is 1. The smallest absolute Gasteiger partial charge is 0.302 e. The summed E-state index contributed by atoms with van der Waals surface area (Å²) in [7, 11) is -1.88. The Balaban J connectivity index is 1.58. The van der Waals surface area contributed by atoms with E-state index in [1.54, 1.807) is 0 Å². The van der Waals surface area contributed by atoms with E-state index in [1.807, 2.05) is 47.0 Å². The maximum absolute atomic E-state index is 14.5. The molecule has 1 aromatic heterocycles. The van der Waals surface area contributed by atoms with Crippen molar-refractivity contribution in [2.45, 2.75) is 78.1 Å². The highest BCUT2D eigenvalue weighted by atomic mass is 28.4. The highest BCUT2D eigenvalue weighted by Gasteiger charge is 2.42. The van der Waals surface area contributed by atoms with Crippen molar-refractivity contribution >= 4 is 37.2 Å². The number of rotatable bonds is 13. The number of hydrogen-bond donors (Lipinski definition) is 0. The van der Waals surface area contributed by atoms with Crippen molar-refractivity contribution in [3.8, 4) is 0 Å². The van der Waals surface area contributed by atoms with Crippen LogP contribution in [0.5, 0.6) is 0 Å². The molecule has 7 heteroatoms. The van der Waals surface area contributed by atoms with Crippen molar-refractivity contribution in [3.63, 3.8) is 0 Å². The number of aromatic nitrogens is 1. The van der Waals surface area contributed by atoms with Crippen LogP contribution in [0.3, 0.4) is 0 Å². The second-order valence-electron chi connectivity index (χ2n) is 12.6. The van der Waals surface area contributed by atoms with Gasteiger partial charge in [0, 0.05) is 31.9 Å². The van der Waals surface area contributed by atoms with E-state index in [0.717, 1.165) is 34.1 Å². The molecular formula is C34H45NO5Si. The third-order valence-corrected chi connectivity index (χ3v) is 13.2. The Morgan fingerprint density at radius 2 is 1.66 bits per heavy atom. The van der Waals surface area contributed by atoms with E-state index in [-0.39, 0.29) is 23.5 Å². The first-order valence-electron chi connectivity index (χ1n) is 14.7. The third-order valence-electron chi connectivity index (χ3n) is 8.71. The van der Waals surface area contributed by atoms with Gasteiger partial charge in [-0.2, -0.15) is 0 Å². The van der Waals surface area contributed by atoms with Crippen molar-refractivity contribution in [1.29, 1.82) is 0 Å². The number of hydrogen-bond acceptors (Lipinski definition) is 5. The first-order valence-corrected chi connectivity index (χ1v) is 17.6. The van der Waals surface area contributed by atoms with Crippen LogP contribution < -0.4 is 0 Å². The zero-order valence-corrected chi connectivity index (χ0v) is 26.5. The van der Waals surface area contributed by atoms with Gasteiger partial charge < -0.3 is 13.9 Å². The van der Waals surface area contributed by atoms with Gasteiger partial charge >= 0.3 is 5.97 Å². The van der Waals surface area contributed by atoms with Crippen LogP contribution in [0.25, 0.3) is 17.0 Å². The molecule has 2 heterocycles. The quantitative estimate of drug-likeness (QED) is 0.118. The number of esters is 1. The third kappa shape index (κ3) is 7.08. The van der Waals surface area contributed by atoms with Gasteiger partial charge in [0.1, 0.15) is 0 Å². The van der Waals surface area contributed by atoms with Gasteiger partial charge in [-0.3, -0.25) is 14.2 Å². The topological polar surface area (TPSA) is 66.8 Å². The Morgan fingerprint density at radius 1 is 0.951 bits per heavy atom. The highest BCUT2D eigenvalue weighted by Crippen LogP contribution is 2.42. The average molecular weight is 576 g/mol. The molecule has 0 spiro atoms. The average Bonchev–Trinajstić information content (AvgIpc) is 3.25. The van der Waals surface area contributed by atoms with E-state index in [0.29, 0.717) is 39.1 Å².